The van der Waals surface area contributed by atoms with E-state index in [1.807, 2.05) is 0 Å². The molecule has 8 atom stereocenters. The standard InChI is InChI=1S/C26H56B2N2O6P2/c1-11-21-23(15-25(27)33-21)35-37(29(17(3)4)18(5)6)31-13-14-32-38(30(19(7)8)20(9)10)36-24-16-26(28)34-22(24)12-2/h17-26H,11-16,27-28H2,1-10H3/t21-,22-,23?,24?,25-,26-,37?,38?/m1/s1. The fourth-order valence-electron chi connectivity index (χ4n) is 5.49. The minimum atomic E-state index is -1.26. The lowest BCUT2D eigenvalue weighted by molar-refractivity contribution is 0.0262. The highest BCUT2D eigenvalue weighted by Crippen LogP contribution is 2.51. The summed E-state index contributed by atoms with van der Waals surface area (Å²) in [5.41, 5.74) is 0. The van der Waals surface area contributed by atoms with Gasteiger partial charge in [-0.15, -0.1) is 0 Å². The molecule has 2 rings (SSSR count). The van der Waals surface area contributed by atoms with Gasteiger partial charge in [0.25, 0.3) is 17.1 Å². The Hall–Kier alpha value is 0.670. The fourth-order valence-corrected chi connectivity index (χ4v) is 8.98. The minimum Gasteiger partial charge on any atom is -0.381 e. The van der Waals surface area contributed by atoms with Crippen molar-refractivity contribution in [1.29, 1.82) is 0 Å². The Morgan fingerprint density at radius 1 is 0.658 bits per heavy atom. The van der Waals surface area contributed by atoms with Gasteiger partial charge in [-0.05, 0) is 81.1 Å². The molecule has 0 bridgehead atoms. The van der Waals surface area contributed by atoms with Crippen LogP contribution in [0.15, 0.2) is 0 Å². The molecule has 2 fully saturated rings. The number of ether oxygens (including phenoxy) is 2. The van der Waals surface area contributed by atoms with Crippen LogP contribution in [0.3, 0.4) is 0 Å². The number of rotatable bonds is 17. The zero-order valence-corrected chi connectivity index (χ0v) is 28.0. The zero-order valence-electron chi connectivity index (χ0n) is 26.3. The smallest absolute Gasteiger partial charge is 0.259 e. The second-order valence-corrected chi connectivity index (χ2v) is 14.6. The molecular formula is C26H56B2N2O6P2. The van der Waals surface area contributed by atoms with Crippen molar-refractivity contribution in [1.82, 2.24) is 9.34 Å². The first kappa shape index (κ1) is 34.9. The van der Waals surface area contributed by atoms with Crippen LogP contribution in [0.5, 0.6) is 0 Å². The fraction of sp³-hybridized carbons (Fsp3) is 1.00. The highest BCUT2D eigenvalue weighted by Gasteiger charge is 2.39. The van der Waals surface area contributed by atoms with Gasteiger partial charge in [0, 0.05) is 36.2 Å². The van der Waals surface area contributed by atoms with E-state index in [-0.39, 0.29) is 36.4 Å². The van der Waals surface area contributed by atoms with E-state index in [1.165, 1.54) is 0 Å². The number of nitrogens with zero attached hydrogens (tertiary/aromatic N) is 2. The Morgan fingerprint density at radius 2 is 0.974 bits per heavy atom. The van der Waals surface area contributed by atoms with E-state index in [0.717, 1.165) is 25.7 Å². The summed E-state index contributed by atoms with van der Waals surface area (Å²) in [7, 11) is 1.74. The first-order valence-electron chi connectivity index (χ1n) is 15.0. The minimum absolute atomic E-state index is 0.0511. The molecule has 38 heavy (non-hydrogen) atoms. The SMILES string of the molecule is B[C@H]1CC(OP(OCCOP(OC2C[C@H](B)O[C@@H]2CC)N(C(C)C)C(C)C)N(C(C)C)C(C)C)[C@@H](CC)O1. The van der Waals surface area contributed by atoms with Crippen LogP contribution in [0.1, 0.15) is 94.9 Å². The third-order valence-electron chi connectivity index (χ3n) is 7.01. The molecule has 0 radical (unpaired) electrons. The lowest BCUT2D eigenvalue weighted by atomic mass is 9.96. The van der Waals surface area contributed by atoms with Crippen molar-refractivity contribution in [3.05, 3.63) is 0 Å². The van der Waals surface area contributed by atoms with Gasteiger partial charge in [0.15, 0.2) is 0 Å². The van der Waals surface area contributed by atoms with Crippen LogP contribution in [-0.4, -0.2) is 98.8 Å². The first-order chi connectivity index (χ1) is 17.9. The van der Waals surface area contributed by atoms with Crippen LogP contribution in [-0.2, 0) is 27.6 Å². The van der Waals surface area contributed by atoms with Gasteiger partial charge in [-0.3, -0.25) is 0 Å². The molecule has 0 aromatic carbocycles. The van der Waals surface area contributed by atoms with Crippen LogP contribution in [0.25, 0.3) is 0 Å². The van der Waals surface area contributed by atoms with Crippen molar-refractivity contribution in [2.75, 3.05) is 13.2 Å². The van der Waals surface area contributed by atoms with Gasteiger partial charge >= 0.3 is 0 Å². The number of hydrogen-bond donors (Lipinski definition) is 0. The van der Waals surface area contributed by atoms with Gasteiger partial charge in [-0.1, -0.05) is 13.8 Å². The average Bonchev–Trinajstić information content (AvgIpc) is 3.35. The van der Waals surface area contributed by atoms with E-state index in [4.69, 9.17) is 27.6 Å². The molecule has 0 amide bonds. The lowest BCUT2D eigenvalue weighted by Gasteiger charge is -2.38. The Morgan fingerprint density at radius 3 is 1.24 bits per heavy atom. The van der Waals surface area contributed by atoms with Gasteiger partial charge in [0.1, 0.15) is 15.7 Å². The van der Waals surface area contributed by atoms with E-state index >= 15 is 0 Å². The molecule has 2 heterocycles. The highest BCUT2D eigenvalue weighted by atomic mass is 31.2. The van der Waals surface area contributed by atoms with Crippen LogP contribution in [0.2, 0.25) is 0 Å². The van der Waals surface area contributed by atoms with E-state index in [0.29, 0.717) is 37.4 Å². The summed E-state index contributed by atoms with van der Waals surface area (Å²) in [6, 6.07) is 1.63. The van der Waals surface area contributed by atoms with Crippen molar-refractivity contribution in [3.63, 3.8) is 0 Å². The van der Waals surface area contributed by atoms with Crippen molar-refractivity contribution in [3.8, 4) is 0 Å². The summed E-state index contributed by atoms with van der Waals surface area (Å²) in [6.45, 7) is 22.8. The van der Waals surface area contributed by atoms with Gasteiger partial charge in [0.2, 0.25) is 0 Å². The third-order valence-corrected chi connectivity index (χ3v) is 11.3. The predicted molar refractivity (Wildman–Crippen MR) is 164 cm³/mol. The molecule has 8 nitrogen and oxygen atoms in total. The second-order valence-electron chi connectivity index (χ2n) is 11.8. The topological polar surface area (TPSA) is 61.9 Å². The van der Waals surface area contributed by atoms with Crippen LogP contribution < -0.4 is 0 Å². The molecule has 2 aliphatic heterocycles. The van der Waals surface area contributed by atoms with Crippen molar-refractivity contribution >= 4 is 32.7 Å². The van der Waals surface area contributed by atoms with E-state index < -0.39 is 17.1 Å². The molecule has 2 saturated heterocycles. The Labute approximate surface area is 238 Å². The lowest BCUT2D eigenvalue weighted by Crippen LogP contribution is -2.36. The van der Waals surface area contributed by atoms with Gasteiger partial charge in [-0.25, -0.2) is 9.34 Å². The van der Waals surface area contributed by atoms with Gasteiger partial charge in [-0.2, -0.15) is 0 Å². The van der Waals surface area contributed by atoms with Crippen molar-refractivity contribution in [2.24, 2.45) is 0 Å². The Kier molecular flexibility index (Phi) is 15.6. The summed E-state index contributed by atoms with van der Waals surface area (Å²) in [5, 5.41) is 0. The zero-order chi connectivity index (χ0) is 28.6. The van der Waals surface area contributed by atoms with Crippen LogP contribution in [0, 0.1) is 0 Å². The summed E-state index contributed by atoms with van der Waals surface area (Å²) >= 11 is 0. The maximum Gasteiger partial charge on any atom is 0.259 e. The quantitative estimate of drug-likeness (QED) is 0.139. The largest absolute Gasteiger partial charge is 0.381 e. The first-order valence-corrected chi connectivity index (χ1v) is 17.2. The average molecular weight is 576 g/mol. The second kappa shape index (κ2) is 16.9. The predicted octanol–water partition coefficient (Wildman–Crippen LogP) is 4.80. The molecule has 4 unspecified atom stereocenters. The molecule has 0 saturated carbocycles. The molecule has 0 aromatic rings. The van der Waals surface area contributed by atoms with Crippen LogP contribution in [0.4, 0.5) is 0 Å². The summed E-state index contributed by atoms with van der Waals surface area (Å²) < 4.78 is 43.3. The van der Waals surface area contributed by atoms with Gasteiger partial charge in [0.05, 0.1) is 37.6 Å². The van der Waals surface area contributed by atoms with Gasteiger partial charge < -0.3 is 27.6 Å². The molecule has 222 valence electrons. The van der Waals surface area contributed by atoms with Crippen molar-refractivity contribution < 1.29 is 27.6 Å². The monoisotopic (exact) mass is 576 g/mol. The Balaban J connectivity index is 2.09. The van der Waals surface area contributed by atoms with Crippen LogP contribution >= 0.6 is 17.1 Å². The summed E-state index contributed by atoms with van der Waals surface area (Å²) in [5.74, 6) is 0. The summed E-state index contributed by atoms with van der Waals surface area (Å²) in [4.78, 5) is 0. The highest BCUT2D eigenvalue weighted by molar-refractivity contribution is 7.45. The Bertz CT molecular complexity index is 599. The maximum absolute atomic E-state index is 6.68. The molecule has 2 aliphatic rings. The molecule has 0 spiro atoms. The molecule has 0 aliphatic carbocycles. The molecular weight excluding hydrogens is 520 g/mol. The normalized spacial score (nSPS) is 30.1. The van der Waals surface area contributed by atoms with E-state index in [9.17, 15) is 0 Å². The third kappa shape index (κ3) is 10.2. The molecule has 0 aromatic heterocycles. The van der Waals surface area contributed by atoms with E-state index in [1.54, 1.807) is 0 Å². The molecule has 12 heteroatoms. The van der Waals surface area contributed by atoms with Crippen molar-refractivity contribution in [2.45, 2.75) is 156 Å². The van der Waals surface area contributed by atoms with E-state index in [2.05, 4.69) is 94.3 Å². The summed E-state index contributed by atoms with van der Waals surface area (Å²) in [6.07, 6.45) is 4.02. The maximum atomic E-state index is 6.68. The molecule has 0 N–H and O–H groups in total. The number of hydrogen-bond acceptors (Lipinski definition) is 8.